The number of carbonyl (C=O) groups is 2. The zero-order valence-corrected chi connectivity index (χ0v) is 17.6. The first-order valence-corrected chi connectivity index (χ1v) is 11.6. The Bertz CT molecular complexity index is 1100. The van der Waals surface area contributed by atoms with Gasteiger partial charge in [-0.2, -0.15) is 11.3 Å². The summed E-state index contributed by atoms with van der Waals surface area (Å²) in [5.41, 5.74) is 6.66. The second kappa shape index (κ2) is 10.1. The number of benzene rings is 2. The predicted molar refractivity (Wildman–Crippen MR) is 115 cm³/mol. The van der Waals surface area contributed by atoms with Crippen LogP contribution < -0.4 is 15.6 Å². The van der Waals surface area contributed by atoms with Crippen LogP contribution in [0.4, 0.5) is 0 Å². The summed E-state index contributed by atoms with van der Waals surface area (Å²) in [6.07, 6.45) is 0.806. The van der Waals surface area contributed by atoms with Gasteiger partial charge in [0.15, 0.2) is 0 Å². The van der Waals surface area contributed by atoms with E-state index in [2.05, 4.69) is 15.6 Å². The van der Waals surface area contributed by atoms with E-state index in [1.54, 1.807) is 11.3 Å². The van der Waals surface area contributed by atoms with Gasteiger partial charge >= 0.3 is 0 Å². The third-order valence-electron chi connectivity index (χ3n) is 4.25. The highest BCUT2D eigenvalue weighted by molar-refractivity contribution is 7.89. The Morgan fingerprint density at radius 1 is 0.900 bits per heavy atom. The minimum absolute atomic E-state index is 0.0325. The zero-order chi connectivity index (χ0) is 21.4. The average molecular weight is 444 g/mol. The van der Waals surface area contributed by atoms with Crippen molar-refractivity contribution in [1.82, 2.24) is 15.6 Å². The Morgan fingerprint density at radius 2 is 1.70 bits per heavy atom. The number of aryl methyl sites for hydroxylation is 1. The van der Waals surface area contributed by atoms with Crippen molar-refractivity contribution in [2.24, 2.45) is 0 Å². The lowest BCUT2D eigenvalue weighted by Crippen LogP contribution is -2.41. The van der Waals surface area contributed by atoms with Gasteiger partial charge in [0.2, 0.25) is 15.9 Å². The molecule has 0 unspecified atom stereocenters. The van der Waals surface area contributed by atoms with Crippen LogP contribution in [0, 0.1) is 0 Å². The molecule has 0 aliphatic heterocycles. The summed E-state index contributed by atoms with van der Waals surface area (Å²) in [6.45, 7) is 0.139. The summed E-state index contributed by atoms with van der Waals surface area (Å²) in [5.74, 6) is -0.929. The minimum atomic E-state index is -3.80. The maximum absolute atomic E-state index is 12.5. The van der Waals surface area contributed by atoms with E-state index < -0.39 is 15.9 Å². The highest BCUT2D eigenvalue weighted by Gasteiger charge is 2.16. The fourth-order valence-electron chi connectivity index (χ4n) is 2.62. The molecule has 1 heterocycles. The number of amides is 2. The third-order valence-corrected chi connectivity index (χ3v) is 6.38. The number of thiophene rings is 1. The summed E-state index contributed by atoms with van der Waals surface area (Å²) >= 11 is 1.56. The lowest BCUT2D eigenvalue weighted by atomic mass is 10.2. The van der Waals surface area contributed by atoms with Gasteiger partial charge < -0.3 is 0 Å². The Morgan fingerprint density at radius 3 is 2.43 bits per heavy atom. The predicted octanol–water partition coefficient (Wildman–Crippen LogP) is 2.62. The van der Waals surface area contributed by atoms with Crippen molar-refractivity contribution in [2.45, 2.75) is 24.3 Å². The van der Waals surface area contributed by atoms with E-state index in [0.29, 0.717) is 6.42 Å². The van der Waals surface area contributed by atoms with Crippen molar-refractivity contribution in [2.75, 3.05) is 0 Å². The van der Waals surface area contributed by atoms with E-state index in [0.717, 1.165) is 11.1 Å². The number of hydrogen-bond acceptors (Lipinski definition) is 5. The van der Waals surface area contributed by atoms with Gasteiger partial charge in [-0.05, 0) is 52.6 Å². The molecule has 0 aliphatic rings. The van der Waals surface area contributed by atoms with Gasteiger partial charge in [-0.25, -0.2) is 13.1 Å². The summed E-state index contributed by atoms with van der Waals surface area (Å²) in [5, 5.41) is 3.90. The maximum Gasteiger partial charge on any atom is 0.269 e. The number of sulfonamides is 1. The molecule has 3 N–H and O–H groups in total. The topological polar surface area (TPSA) is 104 Å². The number of carbonyl (C=O) groups excluding carboxylic acids is 2. The molecule has 0 fully saturated rings. The van der Waals surface area contributed by atoms with Crippen molar-refractivity contribution in [3.63, 3.8) is 0 Å². The number of hydrogen-bond donors (Lipinski definition) is 3. The van der Waals surface area contributed by atoms with Crippen LogP contribution in [-0.4, -0.2) is 20.2 Å². The van der Waals surface area contributed by atoms with Gasteiger partial charge in [-0.1, -0.05) is 36.4 Å². The molecule has 0 radical (unpaired) electrons. The maximum atomic E-state index is 12.5. The quantitative estimate of drug-likeness (QED) is 0.466. The third kappa shape index (κ3) is 6.24. The van der Waals surface area contributed by atoms with Crippen LogP contribution in [-0.2, 0) is 27.8 Å². The van der Waals surface area contributed by atoms with Crippen LogP contribution in [0.1, 0.15) is 27.9 Å². The molecule has 9 heteroatoms. The molecule has 0 bridgehead atoms. The van der Waals surface area contributed by atoms with Crippen LogP contribution >= 0.6 is 11.3 Å². The molecule has 1 aromatic heterocycles. The van der Waals surface area contributed by atoms with E-state index in [-0.39, 0.29) is 29.3 Å². The average Bonchev–Trinajstić information content (AvgIpc) is 3.29. The SMILES string of the molecule is O=C(CCc1ccsc1)NNC(=O)c1cccc(S(=O)(=O)NCc2ccccc2)c1. The lowest BCUT2D eigenvalue weighted by molar-refractivity contribution is -0.121. The van der Waals surface area contributed by atoms with Crippen molar-refractivity contribution < 1.29 is 18.0 Å². The lowest BCUT2D eigenvalue weighted by Gasteiger charge is -2.10. The van der Waals surface area contributed by atoms with Crippen molar-refractivity contribution in [3.8, 4) is 0 Å². The van der Waals surface area contributed by atoms with Gasteiger partial charge in [0.05, 0.1) is 4.90 Å². The molecule has 0 saturated heterocycles. The Labute approximate surface area is 179 Å². The molecule has 156 valence electrons. The first-order chi connectivity index (χ1) is 14.4. The van der Waals surface area contributed by atoms with Crippen LogP contribution in [0.2, 0.25) is 0 Å². The van der Waals surface area contributed by atoms with Crippen LogP contribution in [0.25, 0.3) is 0 Å². The highest BCUT2D eigenvalue weighted by atomic mass is 32.2. The Hall–Kier alpha value is -3.01. The molecule has 7 nitrogen and oxygen atoms in total. The van der Waals surface area contributed by atoms with Gasteiger partial charge in [0.25, 0.3) is 5.91 Å². The van der Waals surface area contributed by atoms with Crippen molar-refractivity contribution >= 4 is 33.2 Å². The summed E-state index contributed by atoms with van der Waals surface area (Å²) < 4.78 is 27.6. The van der Waals surface area contributed by atoms with Crippen LogP contribution in [0.15, 0.2) is 76.3 Å². The largest absolute Gasteiger partial charge is 0.273 e. The van der Waals surface area contributed by atoms with Crippen LogP contribution in [0.3, 0.4) is 0 Å². The molecule has 0 aliphatic carbocycles. The van der Waals surface area contributed by atoms with E-state index in [1.807, 2.05) is 47.2 Å². The molecule has 0 spiro atoms. The molecule has 0 atom stereocenters. The van der Waals surface area contributed by atoms with Crippen LogP contribution in [0.5, 0.6) is 0 Å². The smallest absolute Gasteiger partial charge is 0.269 e. The Balaban J connectivity index is 1.55. The monoisotopic (exact) mass is 443 g/mol. The van der Waals surface area contributed by atoms with E-state index in [9.17, 15) is 18.0 Å². The highest BCUT2D eigenvalue weighted by Crippen LogP contribution is 2.12. The summed E-state index contributed by atoms with van der Waals surface area (Å²) in [4.78, 5) is 24.2. The molecule has 3 aromatic rings. The number of hydrazine groups is 1. The van der Waals surface area contributed by atoms with Gasteiger partial charge in [0.1, 0.15) is 0 Å². The van der Waals surface area contributed by atoms with Gasteiger partial charge in [-0.15, -0.1) is 0 Å². The molecule has 2 aromatic carbocycles. The minimum Gasteiger partial charge on any atom is -0.273 e. The first kappa shape index (κ1) is 21.7. The fraction of sp³-hybridized carbons (Fsp3) is 0.143. The van der Waals surface area contributed by atoms with E-state index in [1.165, 1.54) is 24.3 Å². The number of nitrogens with one attached hydrogen (secondary N) is 3. The van der Waals surface area contributed by atoms with Crippen molar-refractivity contribution in [3.05, 3.63) is 88.1 Å². The zero-order valence-electron chi connectivity index (χ0n) is 16.0. The Kier molecular flexibility index (Phi) is 7.34. The molecule has 2 amide bonds. The summed E-state index contributed by atoms with van der Waals surface area (Å²) in [6, 6.07) is 16.7. The first-order valence-electron chi connectivity index (χ1n) is 9.18. The molecule has 0 saturated carbocycles. The normalized spacial score (nSPS) is 11.1. The van der Waals surface area contributed by atoms with Gasteiger partial charge in [-0.3, -0.25) is 20.4 Å². The standard InChI is InChI=1S/C21H21N3O4S2/c25-20(10-9-17-11-12-29-15-17)23-24-21(26)18-7-4-8-19(13-18)30(27,28)22-14-16-5-2-1-3-6-16/h1-8,11-13,15,22H,9-10,14H2,(H,23,25)(H,24,26). The van der Waals surface area contributed by atoms with Gasteiger partial charge in [0, 0.05) is 18.5 Å². The second-order valence-electron chi connectivity index (χ2n) is 6.47. The molecular weight excluding hydrogens is 422 g/mol. The molecule has 3 rings (SSSR count). The second-order valence-corrected chi connectivity index (χ2v) is 9.02. The van der Waals surface area contributed by atoms with Crippen molar-refractivity contribution in [1.29, 1.82) is 0 Å². The molecular formula is C21H21N3O4S2. The van der Waals surface area contributed by atoms with E-state index >= 15 is 0 Å². The number of rotatable bonds is 8. The van der Waals surface area contributed by atoms with E-state index in [4.69, 9.17) is 0 Å². The summed E-state index contributed by atoms with van der Waals surface area (Å²) in [7, 11) is -3.80. The fourth-order valence-corrected chi connectivity index (χ4v) is 4.38. The molecule has 30 heavy (non-hydrogen) atoms.